The van der Waals surface area contributed by atoms with E-state index >= 15 is 0 Å². The summed E-state index contributed by atoms with van der Waals surface area (Å²) in [6.45, 7) is 3.66. The Bertz CT molecular complexity index is 1770. The van der Waals surface area contributed by atoms with Crippen molar-refractivity contribution in [1.29, 1.82) is 0 Å². The van der Waals surface area contributed by atoms with Crippen LogP contribution in [0.5, 0.6) is 5.75 Å². The zero-order valence-electron chi connectivity index (χ0n) is 20.7. The summed E-state index contributed by atoms with van der Waals surface area (Å²) in [5.74, 6) is 0.978. The Morgan fingerprint density at radius 1 is 1.18 bits per heavy atom. The van der Waals surface area contributed by atoms with Gasteiger partial charge in [0, 0.05) is 22.2 Å². The van der Waals surface area contributed by atoms with Crippen molar-refractivity contribution in [2.24, 2.45) is 4.99 Å². The van der Waals surface area contributed by atoms with Crippen molar-refractivity contribution in [3.8, 4) is 17.1 Å². The molecule has 0 bridgehead atoms. The first-order valence-corrected chi connectivity index (χ1v) is 13.3. The van der Waals surface area contributed by atoms with Gasteiger partial charge in [-0.05, 0) is 50.2 Å². The standard InChI is InChI=1S/C28H22Cl2N2O5S/c1-4-36-27(34)24-15(2)31-28-32(25(24)18-7-5-6-8-21(18)35-3)26(33)23(38-28)14-17-10-12-22(37-17)19-13-16(29)9-11-20(19)30/h5-14,25H,4H2,1-3H3/b23-14-/t25-/m0/s1. The Morgan fingerprint density at radius 2 is 1.97 bits per heavy atom. The predicted octanol–water partition coefficient (Wildman–Crippen LogP) is 5.37. The van der Waals surface area contributed by atoms with Crippen LogP contribution in [-0.4, -0.2) is 24.3 Å². The number of nitrogens with zero attached hydrogens (tertiary/aromatic N) is 2. The van der Waals surface area contributed by atoms with E-state index < -0.39 is 12.0 Å². The van der Waals surface area contributed by atoms with Gasteiger partial charge in [-0.25, -0.2) is 9.79 Å². The average molecular weight is 569 g/mol. The molecule has 0 saturated carbocycles. The van der Waals surface area contributed by atoms with Crippen molar-refractivity contribution in [2.45, 2.75) is 19.9 Å². The minimum atomic E-state index is -0.777. The molecule has 2 aromatic carbocycles. The highest BCUT2D eigenvalue weighted by Crippen LogP contribution is 2.36. The molecule has 0 saturated heterocycles. The van der Waals surface area contributed by atoms with Gasteiger partial charge in [-0.1, -0.05) is 52.7 Å². The van der Waals surface area contributed by atoms with Crippen LogP contribution in [0.2, 0.25) is 10.0 Å². The van der Waals surface area contributed by atoms with Gasteiger partial charge >= 0.3 is 5.97 Å². The molecule has 0 N–H and O–H groups in total. The summed E-state index contributed by atoms with van der Waals surface area (Å²) in [6, 6.07) is 15.1. The number of hydrogen-bond acceptors (Lipinski definition) is 7. The summed E-state index contributed by atoms with van der Waals surface area (Å²) in [5, 5.41) is 1.02. The molecule has 0 radical (unpaired) electrons. The van der Waals surface area contributed by atoms with Gasteiger partial charge in [0.2, 0.25) is 0 Å². The topological polar surface area (TPSA) is 83.0 Å². The van der Waals surface area contributed by atoms with Gasteiger partial charge in [0.25, 0.3) is 5.56 Å². The van der Waals surface area contributed by atoms with Crippen LogP contribution in [0.15, 0.2) is 80.1 Å². The van der Waals surface area contributed by atoms with E-state index in [1.807, 2.05) is 18.2 Å². The number of aromatic nitrogens is 1. The second-order valence-corrected chi connectivity index (χ2v) is 10.2. The van der Waals surface area contributed by atoms with Gasteiger partial charge in [-0.3, -0.25) is 9.36 Å². The minimum absolute atomic E-state index is 0.191. The van der Waals surface area contributed by atoms with Gasteiger partial charge < -0.3 is 13.9 Å². The number of ether oxygens (including phenoxy) is 2. The fourth-order valence-corrected chi connectivity index (χ4v) is 5.78. The van der Waals surface area contributed by atoms with E-state index in [4.69, 9.17) is 37.1 Å². The number of benzene rings is 2. The Labute approximate surface area is 231 Å². The van der Waals surface area contributed by atoms with E-state index in [-0.39, 0.29) is 17.7 Å². The largest absolute Gasteiger partial charge is 0.496 e. The first-order chi connectivity index (χ1) is 18.3. The fourth-order valence-electron chi connectivity index (χ4n) is 4.37. The van der Waals surface area contributed by atoms with Crippen molar-refractivity contribution in [1.82, 2.24) is 4.57 Å². The summed E-state index contributed by atoms with van der Waals surface area (Å²) >= 11 is 13.7. The number of halogens is 2. The lowest BCUT2D eigenvalue weighted by Crippen LogP contribution is -2.40. The molecule has 38 heavy (non-hydrogen) atoms. The van der Waals surface area contributed by atoms with E-state index in [2.05, 4.69) is 4.99 Å². The van der Waals surface area contributed by atoms with E-state index in [1.54, 1.807) is 63.4 Å². The van der Waals surface area contributed by atoms with Crippen molar-refractivity contribution < 1.29 is 18.7 Å². The molecule has 1 atom stereocenters. The smallest absolute Gasteiger partial charge is 0.338 e. The van der Waals surface area contributed by atoms with Crippen molar-refractivity contribution >= 4 is 46.6 Å². The molecule has 3 heterocycles. The number of fused-ring (bicyclic) bond motifs is 1. The van der Waals surface area contributed by atoms with Crippen LogP contribution in [0.3, 0.4) is 0 Å². The number of para-hydroxylation sites is 1. The molecule has 5 rings (SSSR count). The zero-order chi connectivity index (χ0) is 27.0. The molecule has 10 heteroatoms. The molecular formula is C28H22Cl2N2O5S. The molecule has 1 aliphatic rings. The summed E-state index contributed by atoms with van der Waals surface area (Å²) < 4.78 is 18.8. The van der Waals surface area contributed by atoms with E-state index in [0.29, 0.717) is 53.5 Å². The summed E-state index contributed by atoms with van der Waals surface area (Å²) in [5.41, 5.74) is 1.73. The number of methoxy groups -OCH3 is 1. The van der Waals surface area contributed by atoms with E-state index in [1.165, 1.54) is 15.9 Å². The summed E-state index contributed by atoms with van der Waals surface area (Å²) in [4.78, 5) is 31.9. The highest BCUT2D eigenvalue weighted by atomic mass is 35.5. The maximum Gasteiger partial charge on any atom is 0.338 e. The fraction of sp³-hybridized carbons (Fsp3) is 0.179. The van der Waals surface area contributed by atoms with Crippen LogP contribution in [-0.2, 0) is 9.53 Å². The van der Waals surface area contributed by atoms with Crippen molar-refractivity contribution in [3.63, 3.8) is 0 Å². The van der Waals surface area contributed by atoms with Crippen molar-refractivity contribution in [3.05, 3.63) is 107 Å². The summed E-state index contributed by atoms with van der Waals surface area (Å²) in [6.07, 6.45) is 1.65. The molecule has 0 amide bonds. The number of thiazole rings is 1. The van der Waals surface area contributed by atoms with Gasteiger partial charge in [-0.15, -0.1) is 0 Å². The quantitative estimate of drug-likeness (QED) is 0.292. The number of hydrogen-bond donors (Lipinski definition) is 0. The molecule has 4 aromatic rings. The van der Waals surface area contributed by atoms with E-state index in [9.17, 15) is 9.59 Å². The van der Waals surface area contributed by atoms with Crippen LogP contribution < -0.4 is 19.6 Å². The first-order valence-electron chi connectivity index (χ1n) is 11.7. The van der Waals surface area contributed by atoms with Gasteiger partial charge in [0.05, 0.1) is 34.5 Å². The maximum atomic E-state index is 13.8. The van der Waals surface area contributed by atoms with Gasteiger partial charge in [-0.2, -0.15) is 0 Å². The molecule has 194 valence electrons. The maximum absolute atomic E-state index is 13.8. The lowest BCUT2D eigenvalue weighted by atomic mass is 9.95. The number of esters is 1. The monoisotopic (exact) mass is 568 g/mol. The van der Waals surface area contributed by atoms with E-state index in [0.717, 1.165) is 0 Å². The molecule has 0 spiro atoms. The lowest BCUT2D eigenvalue weighted by Gasteiger charge is -2.25. The number of allylic oxidation sites excluding steroid dienone is 1. The molecule has 1 aliphatic heterocycles. The zero-order valence-corrected chi connectivity index (χ0v) is 23.0. The lowest BCUT2D eigenvalue weighted by molar-refractivity contribution is -0.139. The third kappa shape index (κ3) is 4.71. The predicted molar refractivity (Wildman–Crippen MR) is 148 cm³/mol. The van der Waals surface area contributed by atoms with Crippen LogP contribution in [0.25, 0.3) is 17.4 Å². The Morgan fingerprint density at radius 3 is 2.74 bits per heavy atom. The Balaban J connectivity index is 1.67. The Kier molecular flexibility index (Phi) is 7.29. The third-order valence-corrected chi connectivity index (χ3v) is 7.59. The Hall–Kier alpha value is -3.59. The number of carbonyl (C=O) groups excluding carboxylic acids is 1. The molecule has 0 unspecified atom stereocenters. The van der Waals surface area contributed by atoms with Crippen LogP contribution in [0, 0.1) is 0 Å². The van der Waals surface area contributed by atoms with Crippen LogP contribution >= 0.6 is 34.5 Å². The molecule has 0 fully saturated rings. The number of carbonyl (C=O) groups is 1. The first kappa shape index (κ1) is 26.0. The minimum Gasteiger partial charge on any atom is -0.496 e. The summed E-state index contributed by atoms with van der Waals surface area (Å²) in [7, 11) is 1.55. The molecule has 7 nitrogen and oxygen atoms in total. The van der Waals surface area contributed by atoms with Crippen LogP contribution in [0.4, 0.5) is 0 Å². The van der Waals surface area contributed by atoms with Gasteiger partial charge in [0.15, 0.2) is 4.80 Å². The van der Waals surface area contributed by atoms with Crippen LogP contribution in [0.1, 0.15) is 31.2 Å². The molecule has 2 aromatic heterocycles. The number of furan rings is 1. The molecular weight excluding hydrogens is 547 g/mol. The van der Waals surface area contributed by atoms with Crippen molar-refractivity contribution in [2.75, 3.05) is 13.7 Å². The number of rotatable bonds is 6. The average Bonchev–Trinajstić information content (AvgIpc) is 3.49. The SMILES string of the molecule is CCOC(=O)C1=C(C)N=c2s/c(=C\c3ccc(-c4cc(Cl)ccc4Cl)o3)c(=O)n2[C@H]1c1ccccc1OC. The highest BCUT2D eigenvalue weighted by molar-refractivity contribution is 7.07. The highest BCUT2D eigenvalue weighted by Gasteiger charge is 2.35. The third-order valence-electron chi connectivity index (χ3n) is 6.04. The molecule has 0 aliphatic carbocycles. The second-order valence-electron chi connectivity index (χ2n) is 8.37. The second kappa shape index (κ2) is 10.6. The van der Waals surface area contributed by atoms with Gasteiger partial charge in [0.1, 0.15) is 23.3 Å². The normalized spacial score (nSPS) is 15.3.